The Morgan fingerprint density at radius 3 is 2.73 bits per heavy atom. The fraction of sp³-hybridized carbons (Fsp3) is 0.125. The van der Waals surface area contributed by atoms with E-state index in [0.29, 0.717) is 27.5 Å². The van der Waals surface area contributed by atoms with E-state index in [1.54, 1.807) is 42.6 Å². The second kappa shape index (κ2) is 5.79. The summed E-state index contributed by atoms with van der Waals surface area (Å²) in [7, 11) is 1.33. The summed E-state index contributed by atoms with van der Waals surface area (Å²) in [5.41, 5.74) is 2.36. The number of carbonyl (C=O) groups is 1. The number of hydrogen-bond acceptors (Lipinski definition) is 4. The number of nitrogens with one attached hydrogen (secondary N) is 1. The van der Waals surface area contributed by atoms with Gasteiger partial charge in [0, 0.05) is 11.6 Å². The van der Waals surface area contributed by atoms with Crippen molar-refractivity contribution in [3.05, 3.63) is 64.4 Å². The number of aromatic nitrogens is 2. The number of ether oxygens (including phenoxy) is 1. The molecule has 0 radical (unpaired) electrons. The number of halogens is 1. The van der Waals surface area contributed by atoms with Crippen LogP contribution in [0.3, 0.4) is 0 Å². The Balaban J connectivity index is 1.91. The maximum absolute atomic E-state index is 11.4. The molecule has 2 N–H and O–H groups in total. The van der Waals surface area contributed by atoms with Crippen molar-refractivity contribution in [2.45, 2.75) is 6.10 Å². The van der Waals surface area contributed by atoms with Crippen LogP contribution in [0.1, 0.15) is 27.7 Å². The van der Waals surface area contributed by atoms with Gasteiger partial charge >= 0.3 is 5.97 Å². The van der Waals surface area contributed by atoms with Crippen molar-refractivity contribution in [3.8, 4) is 0 Å². The number of H-pyrrole nitrogens is 1. The van der Waals surface area contributed by atoms with Crippen LogP contribution in [-0.4, -0.2) is 28.2 Å². The van der Waals surface area contributed by atoms with Gasteiger partial charge in [0.25, 0.3) is 0 Å². The third-order valence-corrected chi connectivity index (χ3v) is 3.61. The Hall–Kier alpha value is -2.37. The fourth-order valence-electron chi connectivity index (χ4n) is 2.26. The van der Waals surface area contributed by atoms with Gasteiger partial charge in [0.15, 0.2) is 0 Å². The molecular formula is C16H13ClN2O3. The lowest BCUT2D eigenvalue weighted by Crippen LogP contribution is -2.03. The van der Waals surface area contributed by atoms with Gasteiger partial charge in [0.1, 0.15) is 11.8 Å². The molecule has 2 aromatic heterocycles. The number of rotatable bonds is 3. The molecule has 0 aliphatic carbocycles. The van der Waals surface area contributed by atoms with Crippen molar-refractivity contribution in [1.29, 1.82) is 0 Å². The molecular weight excluding hydrogens is 304 g/mol. The molecule has 22 heavy (non-hydrogen) atoms. The van der Waals surface area contributed by atoms with Crippen LogP contribution in [0.25, 0.3) is 11.0 Å². The molecule has 2 heterocycles. The highest BCUT2D eigenvalue weighted by atomic mass is 35.5. The Kier molecular flexibility index (Phi) is 3.83. The van der Waals surface area contributed by atoms with Crippen LogP contribution in [0.5, 0.6) is 0 Å². The summed E-state index contributed by atoms with van der Waals surface area (Å²) in [6.45, 7) is 0. The highest BCUT2D eigenvalue weighted by molar-refractivity contribution is 6.31. The zero-order valence-corrected chi connectivity index (χ0v) is 12.5. The van der Waals surface area contributed by atoms with Crippen molar-refractivity contribution in [2.24, 2.45) is 0 Å². The van der Waals surface area contributed by atoms with Gasteiger partial charge in [0.05, 0.1) is 23.4 Å². The second-order valence-corrected chi connectivity index (χ2v) is 5.27. The molecule has 0 fully saturated rings. The van der Waals surface area contributed by atoms with Crippen LogP contribution in [-0.2, 0) is 4.74 Å². The van der Waals surface area contributed by atoms with E-state index >= 15 is 0 Å². The average molecular weight is 317 g/mol. The van der Waals surface area contributed by atoms with E-state index in [2.05, 4.69) is 14.7 Å². The van der Waals surface area contributed by atoms with Crippen LogP contribution in [0.2, 0.25) is 5.02 Å². The zero-order chi connectivity index (χ0) is 15.7. The number of nitrogens with zero attached hydrogens (tertiary/aromatic N) is 1. The number of fused-ring (bicyclic) bond motifs is 1. The number of esters is 1. The summed E-state index contributed by atoms with van der Waals surface area (Å²) in [5, 5.41) is 11.8. The summed E-state index contributed by atoms with van der Waals surface area (Å²) in [6, 6.07) is 10.2. The van der Waals surface area contributed by atoms with Gasteiger partial charge < -0.3 is 14.8 Å². The standard InChI is InChI=1S/C16H13ClN2O3/c1-22-16(21)10-4-2-9(3-5-10)14(20)13-7-11-6-12(17)8-18-15(11)19-13/h2-8,14,20H,1H3,(H,18,19). The number of methoxy groups -OCH3 is 1. The number of aliphatic hydroxyl groups is 1. The van der Waals surface area contributed by atoms with Crippen molar-refractivity contribution in [1.82, 2.24) is 9.97 Å². The summed E-state index contributed by atoms with van der Waals surface area (Å²) in [4.78, 5) is 18.6. The van der Waals surface area contributed by atoms with Crippen molar-refractivity contribution in [3.63, 3.8) is 0 Å². The number of hydrogen-bond donors (Lipinski definition) is 2. The quantitative estimate of drug-likeness (QED) is 0.728. The minimum Gasteiger partial charge on any atom is -0.465 e. The maximum Gasteiger partial charge on any atom is 0.337 e. The molecule has 1 aromatic carbocycles. The third-order valence-electron chi connectivity index (χ3n) is 3.40. The van der Waals surface area contributed by atoms with Crippen molar-refractivity contribution in [2.75, 3.05) is 7.11 Å². The molecule has 112 valence electrons. The lowest BCUT2D eigenvalue weighted by Gasteiger charge is -2.09. The number of aromatic amines is 1. The molecule has 0 bridgehead atoms. The molecule has 0 saturated heterocycles. The van der Waals surface area contributed by atoms with Crippen LogP contribution in [0.4, 0.5) is 0 Å². The summed E-state index contributed by atoms with van der Waals surface area (Å²) in [6.07, 6.45) is 0.696. The van der Waals surface area contributed by atoms with Gasteiger partial charge in [0.2, 0.25) is 0 Å². The monoisotopic (exact) mass is 316 g/mol. The number of carbonyl (C=O) groups excluding carboxylic acids is 1. The molecule has 0 amide bonds. The molecule has 3 aromatic rings. The predicted molar refractivity (Wildman–Crippen MR) is 82.9 cm³/mol. The van der Waals surface area contributed by atoms with Crippen molar-refractivity contribution < 1.29 is 14.6 Å². The van der Waals surface area contributed by atoms with Crippen molar-refractivity contribution >= 4 is 28.6 Å². The molecule has 6 heteroatoms. The normalized spacial score (nSPS) is 12.3. The Bertz CT molecular complexity index is 827. The number of benzene rings is 1. The van der Waals surface area contributed by atoms with E-state index < -0.39 is 12.1 Å². The smallest absolute Gasteiger partial charge is 0.337 e. The minimum absolute atomic E-state index is 0.412. The predicted octanol–water partition coefficient (Wildman–Crippen LogP) is 3.08. The Morgan fingerprint density at radius 1 is 1.32 bits per heavy atom. The highest BCUT2D eigenvalue weighted by Crippen LogP contribution is 2.26. The minimum atomic E-state index is -0.848. The van der Waals surface area contributed by atoms with Crippen LogP contribution in [0, 0.1) is 0 Å². The second-order valence-electron chi connectivity index (χ2n) is 4.83. The summed E-state index contributed by atoms with van der Waals surface area (Å²) in [5.74, 6) is -0.412. The first-order valence-electron chi connectivity index (χ1n) is 6.59. The first kappa shape index (κ1) is 14.6. The van der Waals surface area contributed by atoms with Gasteiger partial charge in [-0.1, -0.05) is 23.7 Å². The summed E-state index contributed by atoms with van der Waals surface area (Å²) >= 11 is 5.90. The number of pyridine rings is 1. The average Bonchev–Trinajstić information content (AvgIpc) is 2.96. The van der Waals surface area contributed by atoms with E-state index in [0.717, 1.165) is 5.39 Å². The first-order valence-corrected chi connectivity index (χ1v) is 6.97. The van der Waals surface area contributed by atoms with Gasteiger partial charge in [-0.3, -0.25) is 0 Å². The molecule has 5 nitrogen and oxygen atoms in total. The van der Waals surface area contributed by atoms with Crippen LogP contribution < -0.4 is 0 Å². The van der Waals surface area contributed by atoms with E-state index in [1.807, 2.05) is 0 Å². The van der Waals surface area contributed by atoms with Gasteiger partial charge in [-0.05, 0) is 29.8 Å². The van der Waals surface area contributed by atoms with E-state index in [4.69, 9.17) is 11.6 Å². The first-order chi connectivity index (χ1) is 10.6. The molecule has 0 aliphatic heterocycles. The molecule has 1 atom stereocenters. The number of aliphatic hydroxyl groups excluding tert-OH is 1. The molecule has 0 saturated carbocycles. The Labute approximate surface area is 131 Å². The van der Waals surface area contributed by atoms with Gasteiger partial charge in [-0.15, -0.1) is 0 Å². The van der Waals surface area contributed by atoms with Gasteiger partial charge in [-0.2, -0.15) is 0 Å². The maximum atomic E-state index is 11.4. The fourth-order valence-corrected chi connectivity index (χ4v) is 2.42. The lowest BCUT2D eigenvalue weighted by molar-refractivity contribution is 0.0600. The third kappa shape index (κ3) is 2.68. The van der Waals surface area contributed by atoms with Crippen LogP contribution >= 0.6 is 11.6 Å². The SMILES string of the molecule is COC(=O)c1ccc(C(O)c2cc3cc(Cl)cnc3[nH]2)cc1. The molecule has 0 spiro atoms. The summed E-state index contributed by atoms with van der Waals surface area (Å²) < 4.78 is 4.64. The van der Waals surface area contributed by atoms with Gasteiger partial charge in [-0.25, -0.2) is 9.78 Å². The highest BCUT2D eigenvalue weighted by Gasteiger charge is 2.15. The lowest BCUT2D eigenvalue weighted by atomic mass is 10.0. The van der Waals surface area contributed by atoms with E-state index in [9.17, 15) is 9.90 Å². The largest absolute Gasteiger partial charge is 0.465 e. The molecule has 3 rings (SSSR count). The molecule has 1 unspecified atom stereocenters. The van der Waals surface area contributed by atoms with E-state index in [1.165, 1.54) is 7.11 Å². The van der Waals surface area contributed by atoms with Crippen LogP contribution in [0.15, 0.2) is 42.6 Å². The topological polar surface area (TPSA) is 75.2 Å². The van der Waals surface area contributed by atoms with E-state index in [-0.39, 0.29) is 0 Å². The molecule has 0 aliphatic rings. The zero-order valence-electron chi connectivity index (χ0n) is 11.7. The Morgan fingerprint density at radius 2 is 2.05 bits per heavy atom.